The number of nitrogens with zero attached hydrogens (tertiary/aromatic N) is 4. The molecule has 0 radical (unpaired) electrons. The van der Waals surface area contributed by atoms with E-state index in [1.165, 1.54) is 22.7 Å². The molecule has 4 heterocycles. The number of pyridine rings is 1. The number of amides is 1. The molecule has 26 heavy (non-hydrogen) atoms. The van der Waals surface area contributed by atoms with E-state index in [1.807, 2.05) is 6.92 Å². The van der Waals surface area contributed by atoms with Crippen LogP contribution in [0.3, 0.4) is 0 Å². The Labute approximate surface area is 154 Å². The van der Waals surface area contributed by atoms with E-state index in [1.54, 1.807) is 23.2 Å². The lowest BCUT2D eigenvalue weighted by Crippen LogP contribution is -2.48. The van der Waals surface area contributed by atoms with Gasteiger partial charge in [0, 0.05) is 46.0 Å². The minimum Gasteiger partial charge on any atom is -0.477 e. The number of carbonyl (C=O) groups is 1. The maximum atomic E-state index is 13.2. The van der Waals surface area contributed by atoms with E-state index in [4.69, 9.17) is 4.74 Å². The number of hydrogen-bond acceptors (Lipinski definition) is 5. The van der Waals surface area contributed by atoms with E-state index in [0.717, 1.165) is 12.8 Å². The second-order valence-electron chi connectivity index (χ2n) is 6.95. The summed E-state index contributed by atoms with van der Waals surface area (Å²) >= 11 is 0. The van der Waals surface area contributed by atoms with Crippen LogP contribution in [0.25, 0.3) is 0 Å². The van der Waals surface area contributed by atoms with Gasteiger partial charge in [-0.15, -0.1) is 0 Å². The zero-order valence-corrected chi connectivity index (χ0v) is 16.3. The monoisotopic (exact) mass is 382 g/mol. The number of carbonyl (C=O) groups excluding carboxylic acids is 1. The van der Waals surface area contributed by atoms with Crippen molar-refractivity contribution in [1.82, 2.24) is 18.5 Å². The highest BCUT2D eigenvalue weighted by Crippen LogP contribution is 2.31. The lowest BCUT2D eigenvalue weighted by atomic mass is 9.94. The minimum absolute atomic E-state index is 0.134. The molecule has 1 aromatic heterocycles. The highest BCUT2D eigenvalue weighted by molar-refractivity contribution is 7.86. The summed E-state index contributed by atoms with van der Waals surface area (Å²) in [6.45, 7) is 3.61. The third kappa shape index (κ3) is 3.56. The topological polar surface area (TPSA) is 83.0 Å². The van der Waals surface area contributed by atoms with Gasteiger partial charge in [0.05, 0.1) is 6.61 Å². The molecule has 8 nitrogen and oxygen atoms in total. The van der Waals surface area contributed by atoms with Crippen molar-refractivity contribution in [3.8, 4) is 5.88 Å². The summed E-state index contributed by atoms with van der Waals surface area (Å²) in [5.41, 5.74) is 0.434. The van der Waals surface area contributed by atoms with Gasteiger partial charge in [-0.05, 0) is 37.8 Å². The van der Waals surface area contributed by atoms with Gasteiger partial charge < -0.3 is 9.64 Å². The molecule has 0 saturated carbocycles. The fourth-order valence-corrected chi connectivity index (χ4v) is 4.89. The van der Waals surface area contributed by atoms with Crippen LogP contribution in [0.4, 0.5) is 0 Å². The highest BCUT2D eigenvalue weighted by Gasteiger charge is 2.42. The Hall–Kier alpha value is -1.71. The smallest absolute Gasteiger partial charge is 0.281 e. The number of aromatic nitrogens is 1. The first kappa shape index (κ1) is 19.1. The molecule has 2 atom stereocenters. The molecular formula is C17H26N4O4S. The van der Waals surface area contributed by atoms with E-state index < -0.39 is 10.2 Å². The van der Waals surface area contributed by atoms with Crippen LogP contribution >= 0.6 is 0 Å². The van der Waals surface area contributed by atoms with Gasteiger partial charge >= 0.3 is 0 Å². The third-order valence-corrected chi connectivity index (χ3v) is 6.88. The SMILES string of the molecule is CCOc1ncccc1C(=O)N1C[C@H]2CC[C@@H]1CN(S(=O)(=O)N(C)C)C2. The highest BCUT2D eigenvalue weighted by atomic mass is 32.2. The van der Waals surface area contributed by atoms with Crippen LogP contribution < -0.4 is 4.74 Å². The molecule has 3 saturated heterocycles. The van der Waals surface area contributed by atoms with Crippen molar-refractivity contribution in [3.05, 3.63) is 23.9 Å². The first-order valence-corrected chi connectivity index (χ1v) is 10.3. The second kappa shape index (κ2) is 7.50. The molecule has 3 aliphatic rings. The largest absolute Gasteiger partial charge is 0.477 e. The maximum absolute atomic E-state index is 13.2. The third-order valence-electron chi connectivity index (χ3n) is 5.01. The summed E-state index contributed by atoms with van der Waals surface area (Å²) in [6.07, 6.45) is 3.33. The molecule has 144 valence electrons. The van der Waals surface area contributed by atoms with E-state index in [9.17, 15) is 13.2 Å². The lowest BCUT2D eigenvalue weighted by molar-refractivity contribution is 0.0583. The Balaban J connectivity index is 1.86. The van der Waals surface area contributed by atoms with Crippen molar-refractivity contribution in [2.24, 2.45) is 5.92 Å². The number of fused-ring (bicyclic) bond motifs is 4. The molecule has 3 fully saturated rings. The normalized spacial score (nSPS) is 23.9. The predicted octanol–water partition coefficient (Wildman–Crippen LogP) is 0.823. The van der Waals surface area contributed by atoms with Crippen LogP contribution in [0, 0.1) is 5.92 Å². The predicted molar refractivity (Wildman–Crippen MR) is 97.1 cm³/mol. The van der Waals surface area contributed by atoms with Gasteiger partial charge in [0.25, 0.3) is 16.1 Å². The standard InChI is InChI=1S/C17H26N4O4S/c1-4-25-16-15(6-5-9-18-16)17(22)21-11-13-7-8-14(21)12-20(10-13)26(23,24)19(2)3/h5-6,9,13-14H,4,7-8,10-12H2,1-3H3/t13-,14+/m0/s1. The van der Waals surface area contributed by atoms with E-state index in [2.05, 4.69) is 4.98 Å². The van der Waals surface area contributed by atoms with Crippen LogP contribution in [0.2, 0.25) is 0 Å². The zero-order chi connectivity index (χ0) is 18.9. The van der Waals surface area contributed by atoms with E-state index in [-0.39, 0.29) is 17.9 Å². The first-order chi connectivity index (χ1) is 12.3. The second-order valence-corrected chi connectivity index (χ2v) is 9.09. The molecule has 4 rings (SSSR count). The molecule has 0 aromatic carbocycles. The molecule has 2 bridgehead atoms. The summed E-state index contributed by atoms with van der Waals surface area (Å²) in [5, 5.41) is 0. The van der Waals surface area contributed by atoms with Gasteiger partial charge in [-0.3, -0.25) is 4.79 Å². The average molecular weight is 382 g/mol. The quantitative estimate of drug-likeness (QED) is 0.753. The van der Waals surface area contributed by atoms with Gasteiger partial charge in [0.1, 0.15) is 5.56 Å². The molecule has 0 aliphatic carbocycles. The Bertz CT molecular complexity index is 768. The van der Waals surface area contributed by atoms with Gasteiger partial charge in [0.15, 0.2) is 0 Å². The average Bonchev–Trinajstić information content (AvgIpc) is 2.94. The number of hydrogen-bond donors (Lipinski definition) is 0. The van der Waals surface area contributed by atoms with Crippen molar-refractivity contribution in [3.63, 3.8) is 0 Å². The lowest BCUT2D eigenvalue weighted by Gasteiger charge is -2.36. The molecule has 3 aliphatic heterocycles. The Morgan fingerprint density at radius 2 is 2.08 bits per heavy atom. The van der Waals surface area contributed by atoms with E-state index >= 15 is 0 Å². The summed E-state index contributed by atoms with van der Waals surface area (Å²) in [4.78, 5) is 19.1. The van der Waals surface area contributed by atoms with Gasteiger partial charge in [-0.2, -0.15) is 17.0 Å². The molecule has 1 amide bonds. The fourth-order valence-electron chi connectivity index (χ4n) is 3.67. The molecule has 9 heteroatoms. The molecule has 0 spiro atoms. The van der Waals surface area contributed by atoms with Crippen molar-refractivity contribution in [1.29, 1.82) is 0 Å². The van der Waals surface area contributed by atoms with Crippen LogP contribution in [0.1, 0.15) is 30.1 Å². The number of rotatable bonds is 5. The van der Waals surface area contributed by atoms with Crippen LogP contribution in [0.15, 0.2) is 18.3 Å². The van der Waals surface area contributed by atoms with Gasteiger partial charge in [-0.1, -0.05) is 0 Å². The summed E-state index contributed by atoms with van der Waals surface area (Å²) < 4.78 is 33.4. The summed E-state index contributed by atoms with van der Waals surface area (Å²) in [7, 11) is -0.414. The summed E-state index contributed by atoms with van der Waals surface area (Å²) in [5.74, 6) is 0.331. The molecular weight excluding hydrogens is 356 g/mol. The maximum Gasteiger partial charge on any atom is 0.281 e. The summed E-state index contributed by atoms with van der Waals surface area (Å²) in [6, 6.07) is 3.30. The first-order valence-electron chi connectivity index (χ1n) is 8.91. The fraction of sp³-hybridized carbons (Fsp3) is 0.647. The number of ether oxygens (including phenoxy) is 1. The Morgan fingerprint density at radius 1 is 1.31 bits per heavy atom. The van der Waals surface area contributed by atoms with E-state index in [0.29, 0.717) is 37.7 Å². The molecule has 0 N–H and O–H groups in total. The number of piperidine rings is 1. The van der Waals surface area contributed by atoms with Crippen molar-refractivity contribution in [2.45, 2.75) is 25.8 Å². The minimum atomic E-state index is -3.49. The molecule has 1 aromatic rings. The zero-order valence-electron chi connectivity index (χ0n) is 15.5. The van der Waals surface area contributed by atoms with Crippen molar-refractivity contribution < 1.29 is 17.9 Å². The van der Waals surface area contributed by atoms with Crippen molar-refractivity contribution >= 4 is 16.1 Å². The Morgan fingerprint density at radius 3 is 2.77 bits per heavy atom. The van der Waals surface area contributed by atoms with Crippen LogP contribution in [-0.4, -0.2) is 79.2 Å². The van der Waals surface area contributed by atoms with Crippen molar-refractivity contribution in [2.75, 3.05) is 40.3 Å². The van der Waals surface area contributed by atoms with Crippen LogP contribution in [0.5, 0.6) is 5.88 Å². The van der Waals surface area contributed by atoms with Crippen LogP contribution in [-0.2, 0) is 10.2 Å². The van der Waals surface area contributed by atoms with Gasteiger partial charge in [0.2, 0.25) is 5.88 Å². The molecule has 0 unspecified atom stereocenters. The van der Waals surface area contributed by atoms with Gasteiger partial charge in [-0.25, -0.2) is 4.98 Å². The Kier molecular flexibility index (Phi) is 5.50.